The molecule has 2 rings (SSSR count). The van der Waals surface area contributed by atoms with Gasteiger partial charge in [0.25, 0.3) is 5.92 Å². The van der Waals surface area contributed by atoms with Gasteiger partial charge in [0.15, 0.2) is 0 Å². The molecule has 0 bridgehead atoms. The topological polar surface area (TPSA) is 3.24 Å². The average Bonchev–Trinajstić information content (AvgIpc) is 2.59. The summed E-state index contributed by atoms with van der Waals surface area (Å²) < 4.78 is 39.9. The van der Waals surface area contributed by atoms with E-state index < -0.39 is 11.7 Å². The van der Waals surface area contributed by atoms with Gasteiger partial charge in [0.1, 0.15) is 5.82 Å². The van der Waals surface area contributed by atoms with Crippen molar-refractivity contribution in [2.24, 2.45) is 0 Å². The summed E-state index contributed by atoms with van der Waals surface area (Å²) >= 11 is 0. The second-order valence-electron chi connectivity index (χ2n) is 4.89. The molecule has 1 heterocycles. The first-order chi connectivity index (χ1) is 7.89. The third-order valence-corrected chi connectivity index (χ3v) is 3.15. The van der Waals surface area contributed by atoms with Crippen molar-refractivity contribution in [2.45, 2.75) is 32.1 Å². The van der Waals surface area contributed by atoms with Crippen LogP contribution in [0.4, 0.5) is 18.9 Å². The molecule has 1 aliphatic rings. The number of rotatable bonds is 2. The number of benzene rings is 1. The van der Waals surface area contributed by atoms with Crippen molar-refractivity contribution < 1.29 is 13.2 Å². The fourth-order valence-electron chi connectivity index (χ4n) is 2.07. The van der Waals surface area contributed by atoms with Gasteiger partial charge >= 0.3 is 0 Å². The van der Waals surface area contributed by atoms with Crippen LogP contribution in [0.3, 0.4) is 0 Å². The molecule has 0 radical (unpaired) electrons. The first kappa shape index (κ1) is 12.3. The van der Waals surface area contributed by atoms with Crippen molar-refractivity contribution in [3.63, 3.8) is 0 Å². The third kappa shape index (κ3) is 2.56. The van der Waals surface area contributed by atoms with Crippen LogP contribution in [-0.4, -0.2) is 19.0 Å². The normalized spacial score (nSPS) is 19.1. The van der Waals surface area contributed by atoms with Crippen molar-refractivity contribution in [1.82, 2.24) is 0 Å². The van der Waals surface area contributed by atoms with Gasteiger partial charge in [0.2, 0.25) is 0 Å². The van der Waals surface area contributed by atoms with Crippen LogP contribution in [-0.2, 0) is 0 Å². The first-order valence-corrected chi connectivity index (χ1v) is 5.81. The Morgan fingerprint density at radius 3 is 2.53 bits per heavy atom. The van der Waals surface area contributed by atoms with Crippen LogP contribution < -0.4 is 4.90 Å². The lowest BCUT2D eigenvalue weighted by Gasteiger charge is -2.20. The van der Waals surface area contributed by atoms with Gasteiger partial charge in [-0.25, -0.2) is 13.2 Å². The van der Waals surface area contributed by atoms with Gasteiger partial charge in [0, 0.05) is 13.0 Å². The molecule has 0 unspecified atom stereocenters. The van der Waals surface area contributed by atoms with E-state index in [9.17, 15) is 13.2 Å². The number of alkyl halides is 2. The highest BCUT2D eigenvalue weighted by molar-refractivity contribution is 5.51. The molecule has 0 aliphatic carbocycles. The Bertz CT molecular complexity index is 415. The van der Waals surface area contributed by atoms with Gasteiger partial charge in [-0.1, -0.05) is 19.9 Å². The minimum Gasteiger partial charge on any atom is -0.363 e. The molecular weight excluding hydrogens is 227 g/mol. The van der Waals surface area contributed by atoms with Crippen molar-refractivity contribution in [3.05, 3.63) is 29.6 Å². The van der Waals surface area contributed by atoms with Crippen LogP contribution in [0.25, 0.3) is 0 Å². The van der Waals surface area contributed by atoms with Gasteiger partial charge in [-0.15, -0.1) is 0 Å². The molecule has 1 fully saturated rings. The third-order valence-electron chi connectivity index (χ3n) is 3.15. The summed E-state index contributed by atoms with van der Waals surface area (Å²) in [6.07, 6.45) is -0.196. The number of anilines is 1. The molecule has 0 spiro atoms. The van der Waals surface area contributed by atoms with E-state index in [1.165, 1.54) is 11.0 Å². The highest BCUT2D eigenvalue weighted by Gasteiger charge is 2.39. The summed E-state index contributed by atoms with van der Waals surface area (Å²) in [5, 5.41) is 0. The Labute approximate surface area is 99.2 Å². The zero-order valence-corrected chi connectivity index (χ0v) is 10.0. The van der Waals surface area contributed by atoms with E-state index in [2.05, 4.69) is 0 Å². The summed E-state index contributed by atoms with van der Waals surface area (Å²) in [4.78, 5) is 1.43. The van der Waals surface area contributed by atoms with Gasteiger partial charge in [-0.2, -0.15) is 0 Å². The SMILES string of the molecule is CC(C)c1ccc(F)c(N2CCC(F)(F)C2)c1. The maximum Gasteiger partial charge on any atom is 0.266 e. The molecule has 94 valence electrons. The molecule has 4 heteroatoms. The van der Waals surface area contributed by atoms with E-state index in [-0.39, 0.29) is 25.4 Å². The zero-order chi connectivity index (χ0) is 12.6. The molecule has 1 aromatic carbocycles. The summed E-state index contributed by atoms with van der Waals surface area (Å²) in [5.74, 6) is -2.86. The monoisotopic (exact) mass is 243 g/mol. The lowest BCUT2D eigenvalue weighted by molar-refractivity contribution is 0.0257. The van der Waals surface area contributed by atoms with Crippen molar-refractivity contribution >= 4 is 5.69 Å². The highest BCUT2D eigenvalue weighted by Crippen LogP contribution is 2.33. The molecule has 1 aromatic rings. The van der Waals surface area contributed by atoms with Gasteiger partial charge < -0.3 is 4.90 Å². The molecule has 0 N–H and O–H groups in total. The van der Waals surface area contributed by atoms with Crippen LogP contribution >= 0.6 is 0 Å². The van der Waals surface area contributed by atoms with E-state index in [4.69, 9.17) is 0 Å². The van der Waals surface area contributed by atoms with E-state index >= 15 is 0 Å². The Morgan fingerprint density at radius 2 is 2.00 bits per heavy atom. The summed E-state index contributed by atoms with van der Waals surface area (Å²) in [5.41, 5.74) is 1.27. The second kappa shape index (κ2) is 4.24. The molecule has 17 heavy (non-hydrogen) atoms. The molecule has 0 atom stereocenters. The maximum atomic E-state index is 13.7. The number of nitrogens with zero attached hydrogens (tertiary/aromatic N) is 1. The molecule has 1 aliphatic heterocycles. The van der Waals surface area contributed by atoms with Gasteiger partial charge in [0.05, 0.1) is 12.2 Å². The maximum absolute atomic E-state index is 13.7. The average molecular weight is 243 g/mol. The summed E-state index contributed by atoms with van der Waals surface area (Å²) in [7, 11) is 0. The number of halogens is 3. The molecular formula is C13H16F3N. The van der Waals surface area contributed by atoms with E-state index in [1.807, 2.05) is 13.8 Å². The molecule has 0 saturated carbocycles. The summed E-state index contributed by atoms with van der Waals surface area (Å²) in [6.45, 7) is 3.82. The minimum atomic E-state index is -2.69. The number of hydrogen-bond acceptors (Lipinski definition) is 1. The van der Waals surface area contributed by atoms with Gasteiger partial charge in [-0.05, 0) is 23.6 Å². The lowest BCUT2D eigenvalue weighted by atomic mass is 10.0. The van der Waals surface area contributed by atoms with E-state index in [1.54, 1.807) is 12.1 Å². The predicted octanol–water partition coefficient (Wildman–Crippen LogP) is 3.79. The molecule has 1 saturated heterocycles. The van der Waals surface area contributed by atoms with Crippen LogP contribution in [0.15, 0.2) is 18.2 Å². The van der Waals surface area contributed by atoms with E-state index in [0.717, 1.165) is 5.56 Å². The highest BCUT2D eigenvalue weighted by atomic mass is 19.3. The van der Waals surface area contributed by atoms with E-state index in [0.29, 0.717) is 5.69 Å². The largest absolute Gasteiger partial charge is 0.363 e. The fraction of sp³-hybridized carbons (Fsp3) is 0.538. The standard InChI is InChI=1S/C13H16F3N/c1-9(2)10-3-4-11(14)12(7-10)17-6-5-13(15,16)8-17/h3-4,7,9H,5-6,8H2,1-2H3. The van der Waals surface area contributed by atoms with Gasteiger partial charge in [-0.3, -0.25) is 0 Å². The quantitative estimate of drug-likeness (QED) is 0.763. The minimum absolute atomic E-state index is 0.196. The Kier molecular flexibility index (Phi) is 3.06. The van der Waals surface area contributed by atoms with Crippen molar-refractivity contribution in [3.8, 4) is 0 Å². The second-order valence-corrected chi connectivity index (χ2v) is 4.89. The fourth-order valence-corrected chi connectivity index (χ4v) is 2.07. The Hall–Kier alpha value is -1.19. The molecule has 0 amide bonds. The van der Waals surface area contributed by atoms with Crippen molar-refractivity contribution in [1.29, 1.82) is 0 Å². The smallest absolute Gasteiger partial charge is 0.266 e. The van der Waals surface area contributed by atoms with Crippen LogP contribution in [0.5, 0.6) is 0 Å². The lowest BCUT2D eigenvalue weighted by Crippen LogP contribution is -2.25. The summed E-state index contributed by atoms with van der Waals surface area (Å²) in [6, 6.07) is 4.75. The first-order valence-electron chi connectivity index (χ1n) is 5.81. The van der Waals surface area contributed by atoms with Crippen LogP contribution in [0.1, 0.15) is 31.7 Å². The van der Waals surface area contributed by atoms with Crippen LogP contribution in [0, 0.1) is 5.82 Å². The van der Waals surface area contributed by atoms with Crippen LogP contribution in [0.2, 0.25) is 0 Å². The zero-order valence-electron chi connectivity index (χ0n) is 10.0. The Balaban J connectivity index is 2.29. The van der Waals surface area contributed by atoms with Crippen molar-refractivity contribution in [2.75, 3.05) is 18.0 Å². The Morgan fingerprint density at radius 1 is 1.29 bits per heavy atom. The predicted molar refractivity (Wildman–Crippen MR) is 62.3 cm³/mol. The molecule has 0 aromatic heterocycles. The molecule has 1 nitrogen and oxygen atoms in total. The number of hydrogen-bond donors (Lipinski definition) is 0.